The van der Waals surface area contributed by atoms with Crippen LogP contribution in [0.2, 0.25) is 0 Å². The van der Waals surface area contributed by atoms with Crippen LogP contribution in [-0.2, 0) is 11.2 Å². The van der Waals surface area contributed by atoms with Crippen molar-refractivity contribution in [1.82, 2.24) is 14.8 Å². The maximum absolute atomic E-state index is 14.5. The van der Waals surface area contributed by atoms with Crippen molar-refractivity contribution in [2.45, 2.75) is 44.8 Å². The highest BCUT2D eigenvalue weighted by atomic mass is 19.1. The average Bonchev–Trinajstić information content (AvgIpc) is 3.44. The van der Waals surface area contributed by atoms with Crippen molar-refractivity contribution in [2.24, 2.45) is 0 Å². The molecule has 4 rings (SSSR count). The fourth-order valence-corrected chi connectivity index (χ4v) is 3.44. The zero-order valence-corrected chi connectivity index (χ0v) is 17.5. The molecule has 1 aliphatic carbocycles. The van der Waals surface area contributed by atoms with Crippen LogP contribution in [0.15, 0.2) is 55.1 Å². The van der Waals surface area contributed by atoms with Gasteiger partial charge in [0, 0.05) is 47.3 Å². The molecule has 2 aromatic heterocycles. The lowest BCUT2D eigenvalue weighted by Crippen LogP contribution is -2.21. The SMILES string of the molecule is CC(C)(O)Cc1ccc(NC(=O)/C=C/c2cncc(F)c2-c2cnn(C3CC3)c2)cc1. The molecule has 0 aliphatic heterocycles. The molecular formula is C24H25FN4O2. The van der Waals surface area contributed by atoms with Gasteiger partial charge in [0.15, 0.2) is 0 Å². The van der Waals surface area contributed by atoms with Gasteiger partial charge in [0.2, 0.25) is 5.91 Å². The Morgan fingerprint density at radius 2 is 2.00 bits per heavy atom. The largest absolute Gasteiger partial charge is 0.390 e. The van der Waals surface area contributed by atoms with Crippen LogP contribution in [-0.4, -0.2) is 31.4 Å². The summed E-state index contributed by atoms with van der Waals surface area (Å²) in [5, 5.41) is 17.0. The Balaban J connectivity index is 1.47. The molecule has 2 N–H and O–H groups in total. The second-order valence-electron chi connectivity index (χ2n) is 8.53. The third-order valence-electron chi connectivity index (χ3n) is 5.01. The zero-order chi connectivity index (χ0) is 22.0. The van der Waals surface area contributed by atoms with Gasteiger partial charge in [-0.05, 0) is 50.5 Å². The maximum Gasteiger partial charge on any atom is 0.248 e. The van der Waals surface area contributed by atoms with E-state index in [1.54, 1.807) is 38.3 Å². The molecule has 6 nitrogen and oxygen atoms in total. The van der Waals surface area contributed by atoms with Crippen molar-refractivity contribution in [3.8, 4) is 11.1 Å². The average molecular weight is 420 g/mol. The summed E-state index contributed by atoms with van der Waals surface area (Å²) in [6, 6.07) is 7.70. The minimum absolute atomic E-state index is 0.334. The minimum atomic E-state index is -0.792. The van der Waals surface area contributed by atoms with Crippen LogP contribution in [0.3, 0.4) is 0 Å². The van der Waals surface area contributed by atoms with Gasteiger partial charge in [-0.25, -0.2) is 4.39 Å². The van der Waals surface area contributed by atoms with Crippen LogP contribution in [0, 0.1) is 5.82 Å². The summed E-state index contributed by atoms with van der Waals surface area (Å²) in [6.07, 6.45) is 11.8. The Bertz CT molecular complexity index is 1110. The Labute approximate surface area is 180 Å². The van der Waals surface area contributed by atoms with E-state index in [1.807, 2.05) is 23.0 Å². The standard InChI is InChI=1S/C24H25FN4O2/c1-24(2,31)11-16-3-6-19(7-4-16)28-22(30)10-5-17-12-26-14-21(25)23(17)18-13-27-29(15-18)20-8-9-20/h3-7,10,12-15,20,31H,8-9,11H2,1-2H3,(H,28,30)/b10-5+. The first-order valence-electron chi connectivity index (χ1n) is 10.3. The number of carbonyl (C=O) groups excluding carboxylic acids is 1. The molecule has 0 bridgehead atoms. The van der Waals surface area contributed by atoms with Gasteiger partial charge in [-0.15, -0.1) is 0 Å². The van der Waals surface area contributed by atoms with E-state index in [2.05, 4.69) is 15.4 Å². The Kier molecular flexibility index (Phi) is 5.69. The molecule has 0 spiro atoms. The van der Waals surface area contributed by atoms with Crippen LogP contribution >= 0.6 is 0 Å². The van der Waals surface area contributed by atoms with E-state index in [9.17, 15) is 14.3 Å². The molecule has 1 aliphatic rings. The first-order chi connectivity index (χ1) is 14.8. The number of anilines is 1. The normalized spacial score (nSPS) is 14.2. The van der Waals surface area contributed by atoms with E-state index in [-0.39, 0.29) is 5.91 Å². The molecule has 0 atom stereocenters. The third kappa shape index (κ3) is 5.44. The lowest BCUT2D eigenvalue weighted by molar-refractivity contribution is -0.111. The molecule has 1 fully saturated rings. The number of amides is 1. The molecule has 1 saturated carbocycles. The minimum Gasteiger partial charge on any atom is -0.390 e. The number of nitrogens with zero attached hydrogens (tertiary/aromatic N) is 3. The van der Waals surface area contributed by atoms with Crippen molar-refractivity contribution in [1.29, 1.82) is 0 Å². The molecule has 7 heteroatoms. The van der Waals surface area contributed by atoms with Crippen molar-refractivity contribution < 1.29 is 14.3 Å². The topological polar surface area (TPSA) is 80.0 Å². The summed E-state index contributed by atoms with van der Waals surface area (Å²) in [6.45, 7) is 3.50. The van der Waals surface area contributed by atoms with Crippen molar-refractivity contribution in [3.05, 3.63) is 72.1 Å². The van der Waals surface area contributed by atoms with E-state index in [0.717, 1.165) is 24.6 Å². The van der Waals surface area contributed by atoms with E-state index in [4.69, 9.17) is 0 Å². The molecule has 1 aromatic carbocycles. The Morgan fingerprint density at radius 1 is 1.26 bits per heavy atom. The molecule has 2 heterocycles. The number of benzene rings is 1. The monoisotopic (exact) mass is 420 g/mol. The van der Waals surface area contributed by atoms with Crippen molar-refractivity contribution in [2.75, 3.05) is 5.32 Å². The fourth-order valence-electron chi connectivity index (χ4n) is 3.44. The number of carbonyl (C=O) groups is 1. The van der Waals surface area contributed by atoms with Crippen molar-refractivity contribution >= 4 is 17.7 Å². The van der Waals surface area contributed by atoms with Gasteiger partial charge in [0.1, 0.15) is 5.82 Å². The summed E-state index contributed by atoms with van der Waals surface area (Å²) in [5.74, 6) is -0.792. The lowest BCUT2D eigenvalue weighted by Gasteiger charge is -2.17. The lowest BCUT2D eigenvalue weighted by atomic mass is 9.99. The first kappa shape index (κ1) is 20.9. The third-order valence-corrected chi connectivity index (χ3v) is 5.01. The van der Waals surface area contributed by atoms with Crippen LogP contribution in [0.25, 0.3) is 17.2 Å². The number of hydrogen-bond acceptors (Lipinski definition) is 4. The summed E-state index contributed by atoms with van der Waals surface area (Å²) in [7, 11) is 0. The summed E-state index contributed by atoms with van der Waals surface area (Å²) in [4.78, 5) is 16.3. The summed E-state index contributed by atoms with van der Waals surface area (Å²) < 4.78 is 16.4. The second kappa shape index (κ2) is 8.43. The number of rotatable bonds is 7. The highest BCUT2D eigenvalue weighted by Crippen LogP contribution is 2.36. The predicted octanol–water partition coefficient (Wildman–Crippen LogP) is 4.38. The molecule has 31 heavy (non-hydrogen) atoms. The maximum atomic E-state index is 14.5. The van der Waals surface area contributed by atoms with E-state index < -0.39 is 11.4 Å². The van der Waals surface area contributed by atoms with Gasteiger partial charge in [0.05, 0.1) is 24.0 Å². The van der Waals surface area contributed by atoms with Gasteiger partial charge in [-0.3, -0.25) is 14.5 Å². The second-order valence-corrected chi connectivity index (χ2v) is 8.53. The van der Waals surface area contributed by atoms with Crippen LogP contribution in [0.1, 0.15) is 43.9 Å². The quantitative estimate of drug-likeness (QED) is 0.556. The van der Waals surface area contributed by atoms with Gasteiger partial charge in [0.25, 0.3) is 0 Å². The Hall–Kier alpha value is -3.32. The fraction of sp³-hybridized carbons (Fsp3) is 0.292. The Morgan fingerprint density at radius 3 is 2.68 bits per heavy atom. The molecule has 0 unspecified atom stereocenters. The van der Waals surface area contributed by atoms with E-state index in [1.165, 1.54) is 12.3 Å². The van der Waals surface area contributed by atoms with Crippen LogP contribution in [0.5, 0.6) is 0 Å². The van der Waals surface area contributed by atoms with Gasteiger partial charge < -0.3 is 10.4 Å². The van der Waals surface area contributed by atoms with Gasteiger partial charge in [-0.1, -0.05) is 12.1 Å². The first-order valence-corrected chi connectivity index (χ1v) is 10.3. The zero-order valence-electron chi connectivity index (χ0n) is 17.5. The molecule has 1 amide bonds. The van der Waals surface area contributed by atoms with E-state index in [0.29, 0.717) is 34.8 Å². The van der Waals surface area contributed by atoms with Gasteiger partial charge >= 0.3 is 0 Å². The number of pyridine rings is 1. The molecule has 0 radical (unpaired) electrons. The van der Waals surface area contributed by atoms with Crippen LogP contribution < -0.4 is 5.32 Å². The smallest absolute Gasteiger partial charge is 0.248 e. The number of aromatic nitrogens is 3. The highest BCUT2D eigenvalue weighted by molar-refractivity contribution is 6.02. The number of hydrogen-bond donors (Lipinski definition) is 2. The predicted molar refractivity (Wildman–Crippen MR) is 118 cm³/mol. The molecule has 160 valence electrons. The van der Waals surface area contributed by atoms with Crippen molar-refractivity contribution in [3.63, 3.8) is 0 Å². The molecule has 3 aromatic rings. The summed E-state index contributed by atoms with van der Waals surface area (Å²) in [5.41, 5.74) is 2.36. The number of nitrogens with one attached hydrogen (secondary N) is 1. The highest BCUT2D eigenvalue weighted by Gasteiger charge is 2.25. The molecular weight excluding hydrogens is 395 g/mol. The summed E-state index contributed by atoms with van der Waals surface area (Å²) >= 11 is 0. The number of halogens is 1. The molecule has 0 saturated heterocycles. The number of aliphatic hydroxyl groups is 1. The van der Waals surface area contributed by atoms with E-state index >= 15 is 0 Å². The van der Waals surface area contributed by atoms with Gasteiger partial charge in [-0.2, -0.15) is 5.10 Å². The van der Waals surface area contributed by atoms with Crippen LogP contribution in [0.4, 0.5) is 10.1 Å².